The predicted octanol–water partition coefficient (Wildman–Crippen LogP) is 2.90. The molecule has 0 aliphatic carbocycles. The van der Waals surface area contributed by atoms with Crippen LogP contribution in [-0.2, 0) is 0 Å². The van der Waals surface area contributed by atoms with E-state index in [1.54, 1.807) is 19.2 Å². The normalized spacial score (nSPS) is 10.1. The van der Waals surface area contributed by atoms with Crippen molar-refractivity contribution in [2.24, 2.45) is 0 Å². The van der Waals surface area contributed by atoms with E-state index in [0.717, 1.165) is 0 Å². The van der Waals surface area contributed by atoms with Crippen LogP contribution in [-0.4, -0.2) is 39.2 Å². The van der Waals surface area contributed by atoms with Crippen molar-refractivity contribution in [2.45, 2.75) is 0 Å². The lowest BCUT2D eigenvalue weighted by Crippen LogP contribution is -2.26. The molecule has 0 saturated carbocycles. The number of nitrogens with zero attached hydrogens (tertiary/aromatic N) is 2. The number of anilines is 1. The molecule has 132 valence electrons. The maximum atomic E-state index is 12.6. The molecular weight excluding hydrogens is 328 g/mol. The van der Waals surface area contributed by atoms with E-state index >= 15 is 0 Å². The SMILES string of the molecule is COc1cc(N(C)C(=O)c2ccc([N+](=O)[O-])cc2)cc(OC)c1OC. The van der Waals surface area contributed by atoms with Crippen LogP contribution in [0.4, 0.5) is 11.4 Å². The Morgan fingerprint density at radius 2 is 1.52 bits per heavy atom. The van der Waals surface area contributed by atoms with Gasteiger partial charge in [0.2, 0.25) is 5.75 Å². The number of carbonyl (C=O) groups excluding carboxylic acids is 1. The van der Waals surface area contributed by atoms with Crippen molar-refractivity contribution in [3.05, 3.63) is 52.1 Å². The van der Waals surface area contributed by atoms with Crippen LogP contribution in [0.15, 0.2) is 36.4 Å². The van der Waals surface area contributed by atoms with E-state index in [-0.39, 0.29) is 11.6 Å². The molecule has 0 aliphatic rings. The first-order valence-corrected chi connectivity index (χ1v) is 7.25. The summed E-state index contributed by atoms with van der Waals surface area (Å²) in [6.07, 6.45) is 0. The Hall–Kier alpha value is -3.29. The molecule has 0 unspecified atom stereocenters. The van der Waals surface area contributed by atoms with E-state index in [4.69, 9.17) is 14.2 Å². The standard InChI is InChI=1S/C17H18N2O6/c1-18(17(20)11-5-7-12(8-6-11)19(21)22)13-9-14(23-2)16(25-4)15(10-13)24-3/h5-10H,1-4H3. The molecule has 2 aromatic carbocycles. The van der Waals surface area contributed by atoms with Crippen molar-refractivity contribution >= 4 is 17.3 Å². The first-order valence-electron chi connectivity index (χ1n) is 7.25. The van der Waals surface area contributed by atoms with E-state index in [9.17, 15) is 14.9 Å². The lowest BCUT2D eigenvalue weighted by Gasteiger charge is -2.20. The molecule has 0 saturated heterocycles. The second-order valence-corrected chi connectivity index (χ2v) is 5.05. The molecule has 2 aromatic rings. The van der Waals surface area contributed by atoms with Gasteiger partial charge in [0.25, 0.3) is 11.6 Å². The fourth-order valence-corrected chi connectivity index (χ4v) is 2.30. The zero-order chi connectivity index (χ0) is 18.6. The topological polar surface area (TPSA) is 91.1 Å². The van der Waals surface area contributed by atoms with Crippen LogP contribution in [0.2, 0.25) is 0 Å². The largest absolute Gasteiger partial charge is 0.493 e. The molecule has 0 radical (unpaired) electrons. The molecule has 1 amide bonds. The fourth-order valence-electron chi connectivity index (χ4n) is 2.30. The van der Waals surface area contributed by atoms with Crippen LogP contribution in [0.3, 0.4) is 0 Å². The number of hydrogen-bond acceptors (Lipinski definition) is 6. The number of ether oxygens (including phenoxy) is 3. The minimum atomic E-state index is -0.517. The molecule has 0 heterocycles. The average molecular weight is 346 g/mol. The summed E-state index contributed by atoms with van der Waals surface area (Å²) in [4.78, 5) is 24.2. The van der Waals surface area contributed by atoms with Crippen molar-refractivity contribution in [3.63, 3.8) is 0 Å². The molecule has 0 aromatic heterocycles. The highest BCUT2D eigenvalue weighted by atomic mass is 16.6. The third-order valence-electron chi connectivity index (χ3n) is 3.67. The van der Waals surface area contributed by atoms with E-state index < -0.39 is 4.92 Å². The molecule has 0 aliphatic heterocycles. The summed E-state index contributed by atoms with van der Waals surface area (Å²) in [7, 11) is 6.05. The number of hydrogen-bond donors (Lipinski definition) is 0. The zero-order valence-electron chi connectivity index (χ0n) is 14.3. The minimum absolute atomic E-state index is 0.0769. The predicted molar refractivity (Wildman–Crippen MR) is 91.9 cm³/mol. The number of methoxy groups -OCH3 is 3. The molecule has 0 bridgehead atoms. The van der Waals surface area contributed by atoms with Crippen LogP contribution in [0.1, 0.15) is 10.4 Å². The first-order chi connectivity index (χ1) is 11.9. The van der Waals surface area contributed by atoms with E-state index in [1.807, 2.05) is 0 Å². The summed E-state index contributed by atoms with van der Waals surface area (Å²) in [6.45, 7) is 0. The van der Waals surface area contributed by atoms with Gasteiger partial charge >= 0.3 is 0 Å². The van der Waals surface area contributed by atoms with E-state index in [0.29, 0.717) is 28.5 Å². The Morgan fingerprint density at radius 1 is 1.00 bits per heavy atom. The third kappa shape index (κ3) is 3.63. The molecule has 8 nitrogen and oxygen atoms in total. The first kappa shape index (κ1) is 18.1. The molecule has 8 heteroatoms. The average Bonchev–Trinajstić information content (AvgIpc) is 2.65. The summed E-state index contributed by atoms with van der Waals surface area (Å²) < 4.78 is 15.8. The van der Waals surface area contributed by atoms with Crippen molar-refractivity contribution in [3.8, 4) is 17.2 Å². The summed E-state index contributed by atoms with van der Waals surface area (Å²) in [5, 5.41) is 10.7. The number of non-ortho nitro benzene ring substituents is 1. The van der Waals surface area contributed by atoms with Gasteiger partial charge in [-0.1, -0.05) is 0 Å². The minimum Gasteiger partial charge on any atom is -0.493 e. The summed E-state index contributed by atoms with van der Waals surface area (Å²) >= 11 is 0. The molecule has 0 atom stereocenters. The Bertz CT molecular complexity index is 763. The van der Waals surface area contributed by atoms with Gasteiger partial charge in [0.05, 0.1) is 31.9 Å². The number of carbonyl (C=O) groups is 1. The van der Waals surface area contributed by atoms with Gasteiger partial charge in [-0.05, 0) is 12.1 Å². The Kier molecular flexibility index (Phi) is 5.43. The van der Waals surface area contributed by atoms with Gasteiger partial charge in [-0.3, -0.25) is 14.9 Å². The Morgan fingerprint density at radius 3 is 1.92 bits per heavy atom. The van der Waals surface area contributed by atoms with Crippen LogP contribution >= 0.6 is 0 Å². The quantitative estimate of drug-likeness (QED) is 0.590. The van der Waals surface area contributed by atoms with Crippen molar-refractivity contribution < 1.29 is 23.9 Å². The highest BCUT2D eigenvalue weighted by Crippen LogP contribution is 2.41. The second kappa shape index (κ2) is 7.52. The highest BCUT2D eigenvalue weighted by Gasteiger charge is 2.20. The number of nitro groups is 1. The van der Waals surface area contributed by atoms with Gasteiger partial charge in [0.1, 0.15) is 0 Å². The molecule has 0 N–H and O–H groups in total. The monoisotopic (exact) mass is 346 g/mol. The number of amides is 1. The van der Waals surface area contributed by atoms with E-state index in [1.165, 1.54) is 50.5 Å². The van der Waals surface area contributed by atoms with Crippen LogP contribution in [0, 0.1) is 10.1 Å². The maximum Gasteiger partial charge on any atom is 0.269 e. The second-order valence-electron chi connectivity index (χ2n) is 5.05. The number of rotatable bonds is 6. The van der Waals surface area contributed by atoms with Crippen molar-refractivity contribution in [2.75, 3.05) is 33.3 Å². The van der Waals surface area contributed by atoms with Crippen LogP contribution < -0.4 is 19.1 Å². The lowest BCUT2D eigenvalue weighted by molar-refractivity contribution is -0.384. The lowest BCUT2D eigenvalue weighted by atomic mass is 10.1. The van der Waals surface area contributed by atoms with Gasteiger partial charge in [-0.2, -0.15) is 0 Å². The molecule has 2 rings (SSSR count). The third-order valence-corrected chi connectivity index (χ3v) is 3.67. The molecule has 25 heavy (non-hydrogen) atoms. The van der Waals surface area contributed by atoms with Gasteiger partial charge in [0, 0.05) is 36.9 Å². The summed E-state index contributed by atoms with van der Waals surface area (Å²) in [6, 6.07) is 8.69. The van der Waals surface area contributed by atoms with Crippen LogP contribution in [0.25, 0.3) is 0 Å². The maximum absolute atomic E-state index is 12.6. The number of nitro benzene ring substituents is 1. The summed E-state index contributed by atoms with van der Waals surface area (Å²) in [5.74, 6) is 0.925. The Balaban J connectivity index is 2.37. The molecule has 0 spiro atoms. The zero-order valence-corrected chi connectivity index (χ0v) is 14.3. The van der Waals surface area contributed by atoms with Gasteiger partial charge in [-0.15, -0.1) is 0 Å². The van der Waals surface area contributed by atoms with Gasteiger partial charge in [-0.25, -0.2) is 0 Å². The molecule has 0 fully saturated rings. The van der Waals surface area contributed by atoms with Crippen LogP contribution in [0.5, 0.6) is 17.2 Å². The van der Waals surface area contributed by atoms with Crippen molar-refractivity contribution in [1.29, 1.82) is 0 Å². The fraction of sp³-hybridized carbons (Fsp3) is 0.235. The Labute approximate surface area is 144 Å². The summed E-state index contributed by atoms with van der Waals surface area (Å²) in [5.41, 5.74) is 0.770. The van der Waals surface area contributed by atoms with Gasteiger partial charge in [0.15, 0.2) is 11.5 Å². The van der Waals surface area contributed by atoms with Crippen molar-refractivity contribution in [1.82, 2.24) is 0 Å². The highest BCUT2D eigenvalue weighted by molar-refractivity contribution is 6.06. The van der Waals surface area contributed by atoms with Gasteiger partial charge < -0.3 is 19.1 Å². The molecular formula is C17H18N2O6. The smallest absolute Gasteiger partial charge is 0.269 e. The number of benzene rings is 2. The van der Waals surface area contributed by atoms with E-state index in [2.05, 4.69) is 0 Å².